The van der Waals surface area contributed by atoms with Gasteiger partial charge < -0.3 is 31.9 Å². The molecular weight excluding hydrogens is 380 g/mol. The van der Waals surface area contributed by atoms with E-state index in [0.717, 1.165) is 0 Å². The number of thiol groups is 1. The molecule has 3 atom stereocenters. The number of nitrogens with one attached hydrogen (secondary N) is 3. The largest absolute Gasteiger partial charge is 0.481 e. The van der Waals surface area contributed by atoms with E-state index in [1.165, 1.54) is 0 Å². The molecule has 0 aliphatic rings. The summed E-state index contributed by atoms with van der Waals surface area (Å²) in [6.45, 7) is 2.71. The number of aliphatic carboxylic acids is 2. The third-order valence-electron chi connectivity index (χ3n) is 3.48. The maximum Gasteiger partial charge on any atom is 0.322 e. The zero-order valence-electron chi connectivity index (χ0n) is 15.1. The Hall–Kier alpha value is -2.34. The third kappa shape index (κ3) is 9.80. The van der Waals surface area contributed by atoms with E-state index in [-0.39, 0.29) is 24.5 Å². The fraction of sp³-hybridized carbons (Fsp3) is 0.667. The van der Waals surface area contributed by atoms with Crippen molar-refractivity contribution < 1.29 is 34.2 Å². The van der Waals surface area contributed by atoms with E-state index >= 15 is 0 Å². The summed E-state index contributed by atoms with van der Waals surface area (Å²) >= 11 is 3.96. The number of hydrogen-bond acceptors (Lipinski definition) is 7. The molecule has 7 N–H and O–H groups in total. The van der Waals surface area contributed by atoms with Gasteiger partial charge in [0.15, 0.2) is 0 Å². The Morgan fingerprint density at radius 2 is 1.56 bits per heavy atom. The molecule has 0 aliphatic carbocycles. The van der Waals surface area contributed by atoms with Crippen molar-refractivity contribution in [1.29, 1.82) is 0 Å². The van der Waals surface area contributed by atoms with Crippen LogP contribution in [0.1, 0.15) is 26.7 Å². The van der Waals surface area contributed by atoms with Gasteiger partial charge in [-0.15, -0.1) is 0 Å². The number of rotatable bonds is 12. The van der Waals surface area contributed by atoms with E-state index in [9.17, 15) is 24.0 Å². The smallest absolute Gasteiger partial charge is 0.322 e. The van der Waals surface area contributed by atoms with Gasteiger partial charge in [-0.2, -0.15) is 12.6 Å². The molecule has 154 valence electrons. The number of carboxylic acid groups (broad SMARTS) is 2. The SMILES string of the molecule is CC(C)C(NC(=O)C(N)CCC(=O)O)C(=O)NC(CS)C(=O)NCC(=O)O. The van der Waals surface area contributed by atoms with E-state index in [2.05, 4.69) is 28.6 Å². The second-order valence-corrected chi connectivity index (χ2v) is 6.49. The minimum atomic E-state index is -1.24. The monoisotopic (exact) mass is 406 g/mol. The number of carboxylic acids is 2. The summed E-state index contributed by atoms with van der Waals surface area (Å²) in [5, 5.41) is 24.2. The van der Waals surface area contributed by atoms with Crippen molar-refractivity contribution in [2.75, 3.05) is 12.3 Å². The topological polar surface area (TPSA) is 188 Å². The van der Waals surface area contributed by atoms with Crippen LogP contribution >= 0.6 is 12.6 Å². The second kappa shape index (κ2) is 12.1. The Balaban J connectivity index is 4.90. The van der Waals surface area contributed by atoms with E-state index in [1.54, 1.807) is 13.8 Å². The molecule has 11 nitrogen and oxygen atoms in total. The number of carbonyl (C=O) groups excluding carboxylic acids is 3. The summed E-state index contributed by atoms with van der Waals surface area (Å²) in [6, 6.07) is -3.23. The third-order valence-corrected chi connectivity index (χ3v) is 3.85. The minimum Gasteiger partial charge on any atom is -0.481 e. The molecule has 27 heavy (non-hydrogen) atoms. The number of nitrogens with two attached hydrogens (primary N) is 1. The lowest BCUT2D eigenvalue weighted by atomic mass is 10.0. The van der Waals surface area contributed by atoms with Crippen molar-refractivity contribution >= 4 is 42.3 Å². The molecule has 0 rings (SSSR count). The van der Waals surface area contributed by atoms with Gasteiger partial charge in [-0.1, -0.05) is 13.8 Å². The molecule has 0 heterocycles. The molecule has 0 aromatic rings. The number of hydrogen-bond donors (Lipinski definition) is 7. The van der Waals surface area contributed by atoms with Gasteiger partial charge in [0.25, 0.3) is 0 Å². The highest BCUT2D eigenvalue weighted by atomic mass is 32.1. The van der Waals surface area contributed by atoms with E-state index in [0.29, 0.717) is 0 Å². The first-order chi connectivity index (χ1) is 12.5. The van der Waals surface area contributed by atoms with Gasteiger partial charge in [0.2, 0.25) is 17.7 Å². The first-order valence-electron chi connectivity index (χ1n) is 8.18. The molecule has 12 heteroatoms. The van der Waals surface area contributed by atoms with Crippen molar-refractivity contribution in [2.24, 2.45) is 11.7 Å². The summed E-state index contributed by atoms with van der Waals surface area (Å²) in [4.78, 5) is 57.4. The zero-order valence-corrected chi connectivity index (χ0v) is 16.0. The van der Waals surface area contributed by atoms with Crippen molar-refractivity contribution in [3.8, 4) is 0 Å². The Morgan fingerprint density at radius 1 is 0.963 bits per heavy atom. The molecule has 0 aromatic heterocycles. The summed E-state index contributed by atoms with van der Waals surface area (Å²) in [7, 11) is 0. The summed E-state index contributed by atoms with van der Waals surface area (Å²) in [5.41, 5.74) is 5.62. The van der Waals surface area contributed by atoms with Crippen LogP contribution in [0.25, 0.3) is 0 Å². The summed E-state index contributed by atoms with van der Waals surface area (Å²) in [5.74, 6) is -4.88. The Labute approximate surface area is 161 Å². The first kappa shape index (κ1) is 24.7. The fourth-order valence-electron chi connectivity index (χ4n) is 1.95. The van der Waals surface area contributed by atoms with Crippen LogP contribution in [0.2, 0.25) is 0 Å². The van der Waals surface area contributed by atoms with Gasteiger partial charge in [-0.25, -0.2) is 0 Å². The highest BCUT2D eigenvalue weighted by Crippen LogP contribution is 2.05. The molecular formula is C15H26N4O7S. The molecule has 0 spiro atoms. The normalized spacial score (nSPS) is 14.0. The van der Waals surface area contributed by atoms with Crippen LogP contribution < -0.4 is 21.7 Å². The maximum atomic E-state index is 12.4. The number of amides is 3. The maximum absolute atomic E-state index is 12.4. The van der Waals surface area contributed by atoms with Crippen LogP contribution in [0, 0.1) is 5.92 Å². The molecule has 0 aromatic carbocycles. The molecule has 3 amide bonds. The molecule has 0 fully saturated rings. The quantitative estimate of drug-likeness (QED) is 0.180. The number of carbonyl (C=O) groups is 5. The Morgan fingerprint density at radius 3 is 2.00 bits per heavy atom. The lowest BCUT2D eigenvalue weighted by Crippen LogP contribution is -2.58. The molecule has 0 saturated heterocycles. The average Bonchev–Trinajstić information content (AvgIpc) is 2.58. The second-order valence-electron chi connectivity index (χ2n) is 6.12. The van der Waals surface area contributed by atoms with Gasteiger partial charge in [0, 0.05) is 12.2 Å². The van der Waals surface area contributed by atoms with Crippen LogP contribution in [0.5, 0.6) is 0 Å². The summed E-state index contributed by atoms with van der Waals surface area (Å²) < 4.78 is 0. The van der Waals surface area contributed by atoms with E-state index < -0.39 is 54.3 Å². The van der Waals surface area contributed by atoms with Crippen LogP contribution in [-0.4, -0.2) is 70.3 Å². The van der Waals surface area contributed by atoms with Crippen LogP contribution in [0.4, 0.5) is 0 Å². The van der Waals surface area contributed by atoms with Crippen LogP contribution in [0.15, 0.2) is 0 Å². The van der Waals surface area contributed by atoms with Crippen molar-refractivity contribution in [1.82, 2.24) is 16.0 Å². The predicted molar refractivity (Wildman–Crippen MR) is 98.0 cm³/mol. The standard InChI is InChI=1S/C15H26N4O7S/c1-7(2)12(19-13(24)8(16)3-4-10(20)21)15(26)18-9(6-27)14(25)17-5-11(22)23/h7-9,12,27H,3-6,16H2,1-2H3,(H,17,25)(H,18,26)(H,19,24)(H,20,21)(H,22,23). The first-order valence-corrected chi connectivity index (χ1v) is 8.81. The van der Waals surface area contributed by atoms with Gasteiger partial charge in [0.1, 0.15) is 18.6 Å². The lowest BCUT2D eigenvalue weighted by molar-refractivity contribution is -0.139. The van der Waals surface area contributed by atoms with Crippen molar-refractivity contribution in [3.63, 3.8) is 0 Å². The van der Waals surface area contributed by atoms with Gasteiger partial charge in [-0.05, 0) is 12.3 Å². The van der Waals surface area contributed by atoms with Crippen molar-refractivity contribution in [2.45, 2.75) is 44.8 Å². The molecule has 0 radical (unpaired) electrons. The Kier molecular flexibility index (Phi) is 11.1. The summed E-state index contributed by atoms with van der Waals surface area (Å²) in [6.07, 6.45) is -0.386. The van der Waals surface area contributed by atoms with Crippen LogP contribution in [-0.2, 0) is 24.0 Å². The molecule has 0 saturated carbocycles. The predicted octanol–water partition coefficient (Wildman–Crippen LogP) is -2.07. The average molecular weight is 406 g/mol. The van der Waals surface area contributed by atoms with E-state index in [4.69, 9.17) is 15.9 Å². The highest BCUT2D eigenvalue weighted by molar-refractivity contribution is 7.80. The fourth-order valence-corrected chi connectivity index (χ4v) is 2.20. The van der Waals surface area contributed by atoms with E-state index in [1.807, 2.05) is 0 Å². The van der Waals surface area contributed by atoms with Crippen LogP contribution in [0.3, 0.4) is 0 Å². The highest BCUT2D eigenvalue weighted by Gasteiger charge is 2.29. The zero-order chi connectivity index (χ0) is 21.1. The molecule has 3 unspecified atom stereocenters. The molecule has 0 aliphatic heterocycles. The molecule has 0 bridgehead atoms. The lowest BCUT2D eigenvalue weighted by Gasteiger charge is -2.25. The van der Waals surface area contributed by atoms with Gasteiger partial charge in [-0.3, -0.25) is 24.0 Å². The van der Waals surface area contributed by atoms with Crippen molar-refractivity contribution in [3.05, 3.63) is 0 Å². The minimum absolute atomic E-state index is 0.0892. The van der Waals surface area contributed by atoms with Gasteiger partial charge in [0.05, 0.1) is 6.04 Å². The Bertz CT molecular complexity index is 570. The van der Waals surface area contributed by atoms with Gasteiger partial charge >= 0.3 is 11.9 Å².